The second-order valence-corrected chi connectivity index (χ2v) is 11.2. The number of benzene rings is 1. The average molecular weight is 477 g/mol. The predicted octanol–water partition coefficient (Wildman–Crippen LogP) is 6.46. The van der Waals surface area contributed by atoms with Crippen molar-refractivity contribution >= 4 is 38.6 Å². The molecule has 2 unspecified atom stereocenters. The summed E-state index contributed by atoms with van der Waals surface area (Å²) in [7, 11) is -3.35. The Hall–Kier alpha value is -2.09. The first-order valence-corrected chi connectivity index (χ1v) is 13.4. The van der Waals surface area contributed by atoms with Gasteiger partial charge in [0.25, 0.3) is 0 Å². The molecule has 1 aromatic carbocycles. The lowest BCUT2D eigenvalue weighted by Crippen LogP contribution is -2.24. The number of nitrogens with zero attached hydrogens (tertiary/aromatic N) is 1. The summed E-state index contributed by atoms with van der Waals surface area (Å²) in [4.78, 5) is 5.41. The molecule has 0 amide bonds. The molecular formula is C23H25ClN2O3S2. The van der Waals surface area contributed by atoms with Crippen LogP contribution in [0.3, 0.4) is 0 Å². The van der Waals surface area contributed by atoms with Crippen LogP contribution < -0.4 is 9.46 Å². The van der Waals surface area contributed by atoms with E-state index in [0.717, 1.165) is 40.7 Å². The van der Waals surface area contributed by atoms with Gasteiger partial charge < -0.3 is 4.74 Å². The van der Waals surface area contributed by atoms with E-state index in [-0.39, 0.29) is 6.10 Å². The molecule has 31 heavy (non-hydrogen) atoms. The number of ether oxygens (including phenoxy) is 1. The lowest BCUT2D eigenvalue weighted by Gasteiger charge is -2.26. The summed E-state index contributed by atoms with van der Waals surface area (Å²) >= 11 is 8.02. The Balaban J connectivity index is 1.52. The van der Waals surface area contributed by atoms with Gasteiger partial charge in [0.1, 0.15) is 6.10 Å². The number of aromatic nitrogens is 1. The van der Waals surface area contributed by atoms with Crippen LogP contribution in [0.4, 0.5) is 5.69 Å². The van der Waals surface area contributed by atoms with E-state index in [2.05, 4.69) is 28.1 Å². The molecule has 0 bridgehead atoms. The SMILES string of the molecule is CC1CCCC(Oc2cc(-c3csc(-c4ccc(NS(C)(=O)=O)cc4Cl)c3)ccn2)C1. The molecule has 4 rings (SSSR count). The largest absolute Gasteiger partial charge is 0.474 e. The van der Waals surface area contributed by atoms with Gasteiger partial charge in [-0.25, -0.2) is 13.4 Å². The second-order valence-electron chi connectivity index (χ2n) is 8.16. The van der Waals surface area contributed by atoms with Crippen LogP contribution in [0.5, 0.6) is 5.88 Å². The highest BCUT2D eigenvalue weighted by molar-refractivity contribution is 7.92. The number of halogens is 1. The molecule has 0 saturated heterocycles. The van der Waals surface area contributed by atoms with E-state index in [4.69, 9.17) is 16.3 Å². The molecule has 2 atom stereocenters. The summed E-state index contributed by atoms with van der Waals surface area (Å²) < 4.78 is 31.5. The molecule has 5 nitrogen and oxygen atoms in total. The van der Waals surface area contributed by atoms with Crippen molar-refractivity contribution in [3.05, 3.63) is 53.0 Å². The van der Waals surface area contributed by atoms with Gasteiger partial charge in [0, 0.05) is 28.4 Å². The van der Waals surface area contributed by atoms with Crippen LogP contribution in [-0.4, -0.2) is 25.8 Å². The van der Waals surface area contributed by atoms with Crippen molar-refractivity contribution in [3.63, 3.8) is 0 Å². The fourth-order valence-electron chi connectivity index (χ4n) is 3.93. The minimum Gasteiger partial charge on any atom is -0.474 e. The summed E-state index contributed by atoms with van der Waals surface area (Å²) in [5.74, 6) is 1.36. The third-order valence-electron chi connectivity index (χ3n) is 5.38. The quantitative estimate of drug-likeness (QED) is 0.443. The van der Waals surface area contributed by atoms with Crippen molar-refractivity contribution in [2.75, 3.05) is 11.0 Å². The minimum absolute atomic E-state index is 0.238. The van der Waals surface area contributed by atoms with E-state index in [1.807, 2.05) is 18.2 Å². The minimum atomic E-state index is -3.35. The normalized spacial score (nSPS) is 19.2. The number of anilines is 1. The Morgan fingerprint density at radius 3 is 2.74 bits per heavy atom. The molecule has 8 heteroatoms. The monoisotopic (exact) mass is 476 g/mol. The number of hydrogen-bond acceptors (Lipinski definition) is 5. The zero-order valence-corrected chi connectivity index (χ0v) is 19.9. The Morgan fingerprint density at radius 2 is 2.00 bits per heavy atom. The summed E-state index contributed by atoms with van der Waals surface area (Å²) in [5, 5.41) is 2.57. The summed E-state index contributed by atoms with van der Waals surface area (Å²) in [6.45, 7) is 2.28. The standard InChI is InChI=1S/C23H25ClN2O3S2/c1-15-4-3-5-19(10-15)29-23-12-16(8-9-25-23)17-11-22(30-14-17)20-7-6-18(13-21(20)24)26-31(2,27)28/h6-9,11-15,19,26H,3-5,10H2,1-2H3. The number of rotatable bonds is 6. The van der Waals surface area contributed by atoms with Crippen LogP contribution in [0.15, 0.2) is 48.0 Å². The maximum atomic E-state index is 11.4. The highest BCUT2D eigenvalue weighted by atomic mass is 35.5. The van der Waals surface area contributed by atoms with Crippen molar-refractivity contribution in [2.45, 2.75) is 38.7 Å². The molecular weight excluding hydrogens is 452 g/mol. The molecule has 0 spiro atoms. The van der Waals surface area contributed by atoms with E-state index >= 15 is 0 Å². The number of sulfonamides is 1. The Bertz CT molecular complexity index is 1180. The lowest BCUT2D eigenvalue weighted by atomic mass is 9.89. The van der Waals surface area contributed by atoms with Gasteiger partial charge in [0.15, 0.2) is 0 Å². The molecule has 164 valence electrons. The molecule has 3 aromatic rings. The van der Waals surface area contributed by atoms with E-state index < -0.39 is 10.0 Å². The summed E-state index contributed by atoms with van der Waals surface area (Å²) in [6, 6.07) is 11.2. The van der Waals surface area contributed by atoms with Crippen LogP contribution in [0.25, 0.3) is 21.6 Å². The second kappa shape index (κ2) is 9.18. The van der Waals surface area contributed by atoms with Crippen LogP contribution in [0.1, 0.15) is 32.6 Å². The van der Waals surface area contributed by atoms with Crippen LogP contribution in [-0.2, 0) is 10.0 Å². The molecule has 2 heterocycles. The smallest absolute Gasteiger partial charge is 0.229 e. The first kappa shape index (κ1) is 22.1. The molecule has 1 fully saturated rings. The lowest BCUT2D eigenvalue weighted by molar-refractivity contribution is 0.124. The van der Waals surface area contributed by atoms with Gasteiger partial charge in [0.05, 0.1) is 11.3 Å². The van der Waals surface area contributed by atoms with E-state index in [1.54, 1.807) is 29.7 Å². The number of hydrogen-bond donors (Lipinski definition) is 1. The van der Waals surface area contributed by atoms with Gasteiger partial charge in [-0.05, 0) is 72.0 Å². The molecule has 0 aliphatic heterocycles. The molecule has 1 saturated carbocycles. The van der Waals surface area contributed by atoms with Gasteiger partial charge in [0.2, 0.25) is 15.9 Å². The van der Waals surface area contributed by atoms with Gasteiger partial charge in [-0.15, -0.1) is 11.3 Å². The fourth-order valence-corrected chi connectivity index (χ4v) is 5.78. The maximum Gasteiger partial charge on any atom is 0.229 e. The zero-order valence-electron chi connectivity index (χ0n) is 17.5. The van der Waals surface area contributed by atoms with Gasteiger partial charge in [-0.3, -0.25) is 4.72 Å². The highest BCUT2D eigenvalue weighted by Crippen LogP contribution is 2.38. The molecule has 1 aliphatic carbocycles. The average Bonchev–Trinajstić information content (AvgIpc) is 3.17. The van der Waals surface area contributed by atoms with Crippen molar-refractivity contribution in [2.24, 2.45) is 5.92 Å². The highest BCUT2D eigenvalue weighted by Gasteiger charge is 2.21. The third kappa shape index (κ3) is 5.79. The Morgan fingerprint density at radius 1 is 1.16 bits per heavy atom. The number of thiophene rings is 1. The number of pyridine rings is 1. The van der Waals surface area contributed by atoms with Crippen LogP contribution >= 0.6 is 22.9 Å². The summed E-state index contributed by atoms with van der Waals surface area (Å²) in [5.41, 5.74) is 3.42. The predicted molar refractivity (Wildman–Crippen MR) is 129 cm³/mol. The van der Waals surface area contributed by atoms with E-state index in [0.29, 0.717) is 22.5 Å². The molecule has 1 N–H and O–H groups in total. The van der Waals surface area contributed by atoms with Gasteiger partial charge in [-0.2, -0.15) is 0 Å². The zero-order chi connectivity index (χ0) is 22.0. The molecule has 2 aromatic heterocycles. The third-order valence-corrected chi connectivity index (χ3v) is 7.26. The van der Waals surface area contributed by atoms with Gasteiger partial charge >= 0.3 is 0 Å². The maximum absolute atomic E-state index is 11.4. The first-order chi connectivity index (χ1) is 14.8. The molecule has 1 aliphatic rings. The van der Waals surface area contributed by atoms with Crippen LogP contribution in [0.2, 0.25) is 5.02 Å². The van der Waals surface area contributed by atoms with Crippen molar-refractivity contribution in [3.8, 4) is 27.4 Å². The van der Waals surface area contributed by atoms with Gasteiger partial charge in [-0.1, -0.05) is 24.9 Å². The molecule has 0 radical (unpaired) electrons. The first-order valence-electron chi connectivity index (χ1n) is 10.3. The van der Waals surface area contributed by atoms with E-state index in [9.17, 15) is 8.42 Å². The van der Waals surface area contributed by atoms with Crippen molar-refractivity contribution in [1.82, 2.24) is 4.98 Å². The Labute approximate surface area is 192 Å². The fraction of sp³-hybridized carbons (Fsp3) is 0.348. The van der Waals surface area contributed by atoms with Crippen LogP contribution in [0, 0.1) is 5.92 Å². The topological polar surface area (TPSA) is 68.3 Å². The van der Waals surface area contributed by atoms with Crippen molar-refractivity contribution < 1.29 is 13.2 Å². The summed E-state index contributed by atoms with van der Waals surface area (Å²) in [6.07, 6.45) is 7.79. The number of nitrogens with one attached hydrogen (secondary N) is 1. The van der Waals surface area contributed by atoms with E-state index in [1.165, 1.54) is 12.8 Å². The Kier molecular flexibility index (Phi) is 6.55. The van der Waals surface area contributed by atoms with Crippen molar-refractivity contribution in [1.29, 1.82) is 0 Å².